The van der Waals surface area contributed by atoms with Crippen LogP contribution in [0.1, 0.15) is 102 Å². The molecule has 214 valence electrons. The van der Waals surface area contributed by atoms with E-state index in [0.717, 1.165) is 51.0 Å². The number of carbonyl (C=O) groups excluding carboxylic acids is 1. The monoisotopic (exact) mass is 547 g/mol. The largest absolute Gasteiger partial charge is 1.00 e. The zero-order valence-electron chi connectivity index (χ0n) is 25.4. The van der Waals surface area contributed by atoms with Gasteiger partial charge in [0.2, 0.25) is 0 Å². The topological polar surface area (TPSA) is 132 Å². The van der Waals surface area contributed by atoms with Gasteiger partial charge >= 0.3 is 29.6 Å². The van der Waals surface area contributed by atoms with Crippen LogP contribution < -0.4 is 34.7 Å². The summed E-state index contributed by atoms with van der Waals surface area (Å²) < 4.78 is 11.0. The maximum absolute atomic E-state index is 10.6. The number of aromatic carboxylic acids is 1. The van der Waals surface area contributed by atoms with Crippen LogP contribution in [0.15, 0.2) is 23.9 Å². The molecule has 3 atom stereocenters. The number of aliphatic hydroxyl groups is 1. The number of aliphatic carboxylic acids is 1. The fraction of sp³-hybridized carbons (Fsp3) is 0.690. The molecule has 2 heterocycles. The number of allylic oxidation sites excluding steroid dienone is 2. The molecule has 2 aliphatic rings. The maximum atomic E-state index is 10.6. The van der Waals surface area contributed by atoms with Crippen LogP contribution in [0.5, 0.6) is 0 Å². The number of methoxy groups -OCH3 is 1. The normalized spacial score (nSPS) is 20.5. The molecular weight excluding hydrogens is 497 g/mol. The van der Waals surface area contributed by atoms with Crippen LogP contribution in [-0.2, 0) is 27.1 Å². The van der Waals surface area contributed by atoms with Gasteiger partial charge in [-0.25, -0.2) is 0 Å². The molecule has 3 unspecified atom stereocenters. The van der Waals surface area contributed by atoms with E-state index in [1.54, 1.807) is 12.3 Å². The Kier molecular flexibility index (Phi) is 25.6. The van der Waals surface area contributed by atoms with Gasteiger partial charge in [-0.15, -0.1) is 0 Å². The molecule has 8 nitrogen and oxygen atoms in total. The van der Waals surface area contributed by atoms with Gasteiger partial charge in [0.15, 0.2) is 0 Å². The van der Waals surface area contributed by atoms with Gasteiger partial charge in [0, 0.05) is 33.3 Å². The average molecular weight is 548 g/mol. The summed E-state index contributed by atoms with van der Waals surface area (Å²) in [7, 11) is 2.83. The van der Waals surface area contributed by atoms with Crippen molar-refractivity contribution in [3.8, 4) is 0 Å². The molecule has 0 radical (unpaired) electrons. The predicted octanol–water partition coefficient (Wildman–Crippen LogP) is 1.62. The molecule has 38 heavy (non-hydrogen) atoms. The first-order valence-corrected chi connectivity index (χ1v) is 13.0. The fourth-order valence-electron chi connectivity index (χ4n) is 3.86. The van der Waals surface area contributed by atoms with Crippen molar-refractivity contribution in [1.82, 2.24) is 4.98 Å². The van der Waals surface area contributed by atoms with Gasteiger partial charge in [-0.2, -0.15) is 0 Å². The number of carboxylic acid groups (broad SMARTS) is 2. The van der Waals surface area contributed by atoms with Crippen molar-refractivity contribution >= 4 is 11.9 Å². The van der Waals surface area contributed by atoms with Gasteiger partial charge in [-0.3, -0.25) is 9.78 Å². The summed E-state index contributed by atoms with van der Waals surface area (Å²) in [5, 5.41) is 25.0. The van der Waals surface area contributed by atoms with Crippen molar-refractivity contribution in [3.63, 3.8) is 0 Å². The Morgan fingerprint density at radius 1 is 1.18 bits per heavy atom. The summed E-state index contributed by atoms with van der Waals surface area (Å²) in [5.74, 6) is -1.39. The Morgan fingerprint density at radius 2 is 1.68 bits per heavy atom. The van der Waals surface area contributed by atoms with Crippen molar-refractivity contribution < 1.29 is 63.9 Å². The number of pyridine rings is 1. The standard InChI is InChI=1S/C11H15NO2.C10H18O2.C5H10.C2H4O2.CH4O.Na/c1-3-5-9-6-10(11(13)14)12-7-8(9)4-2;1-10(7-12-10)8-5-3-4-6-9(8)11-2;1-4-5(2)3;1-2(3)4;1-2;/h6-7H,3-5H2,1-2H3,(H,13,14);8-9H,3-7H2,1-2H3;4H,1-3H3;1H3,(H,3,4);2H,1H3;/q;;;;;+1/p-1. The molecule has 2 N–H and O–H groups in total. The van der Waals surface area contributed by atoms with E-state index in [1.807, 2.05) is 21.0 Å². The Bertz CT molecular complexity index is 802. The van der Waals surface area contributed by atoms with Gasteiger partial charge in [0.05, 0.1) is 30.0 Å². The Balaban J connectivity index is -0.000000462. The molecule has 0 aromatic carbocycles. The summed E-state index contributed by atoms with van der Waals surface area (Å²) >= 11 is 0. The molecule has 1 aromatic rings. The van der Waals surface area contributed by atoms with Crippen molar-refractivity contribution in [3.05, 3.63) is 40.7 Å². The zero-order chi connectivity index (χ0) is 29.0. The van der Waals surface area contributed by atoms with E-state index < -0.39 is 11.9 Å². The van der Waals surface area contributed by atoms with E-state index in [4.69, 9.17) is 24.5 Å². The first-order valence-electron chi connectivity index (χ1n) is 13.0. The molecule has 1 saturated heterocycles. The second kappa shape index (κ2) is 23.6. The second-order valence-corrected chi connectivity index (χ2v) is 9.38. The third kappa shape index (κ3) is 18.1. The van der Waals surface area contributed by atoms with Crippen LogP contribution in [0.4, 0.5) is 0 Å². The first kappa shape index (κ1) is 41.2. The SMILES string of the molecule is CC(=O)O.CC=C(C)C.CCCc1cc(C(=O)[O-])ncc1CC.CO.COC1CCCCC1C1(C)CO1.[Na+]. The number of epoxide rings is 1. The Hall–Kier alpha value is -1.29. The molecule has 1 aliphatic carbocycles. The third-order valence-corrected chi connectivity index (χ3v) is 6.16. The number of carbonyl (C=O) groups is 2. The molecule has 0 spiro atoms. The molecule has 0 bridgehead atoms. The molecule has 1 aromatic heterocycles. The van der Waals surface area contributed by atoms with Crippen LogP contribution in [-0.4, -0.2) is 59.7 Å². The first-order chi connectivity index (χ1) is 17.4. The van der Waals surface area contributed by atoms with E-state index >= 15 is 0 Å². The number of aromatic nitrogens is 1. The number of aryl methyl sites for hydroxylation is 2. The molecule has 1 saturated carbocycles. The van der Waals surface area contributed by atoms with E-state index in [1.165, 1.54) is 31.3 Å². The quantitative estimate of drug-likeness (QED) is 0.312. The van der Waals surface area contributed by atoms with Gasteiger partial charge in [-0.05, 0) is 70.6 Å². The average Bonchev–Trinajstić information content (AvgIpc) is 3.64. The fourth-order valence-corrected chi connectivity index (χ4v) is 3.86. The summed E-state index contributed by atoms with van der Waals surface area (Å²) in [6, 6.07) is 1.62. The maximum Gasteiger partial charge on any atom is 1.00 e. The molecule has 9 heteroatoms. The second-order valence-electron chi connectivity index (χ2n) is 9.38. The van der Waals surface area contributed by atoms with Gasteiger partial charge in [-0.1, -0.05) is 44.8 Å². The van der Waals surface area contributed by atoms with Crippen LogP contribution >= 0.6 is 0 Å². The minimum atomic E-state index is -1.20. The number of rotatable bonds is 6. The number of aliphatic hydroxyl groups excluding tert-OH is 1. The van der Waals surface area contributed by atoms with Crippen molar-refractivity contribution in [2.75, 3.05) is 20.8 Å². The van der Waals surface area contributed by atoms with Gasteiger partial charge in [0.25, 0.3) is 5.97 Å². The molecular formula is C29H50NNaO7. The van der Waals surface area contributed by atoms with Crippen molar-refractivity contribution in [2.45, 2.75) is 105 Å². The number of hydrogen-bond acceptors (Lipinski definition) is 7. The van der Waals surface area contributed by atoms with Crippen LogP contribution in [0, 0.1) is 5.92 Å². The van der Waals surface area contributed by atoms with E-state index in [0.29, 0.717) is 12.0 Å². The molecule has 2 fully saturated rings. The number of carboxylic acids is 2. The van der Waals surface area contributed by atoms with Crippen molar-refractivity contribution in [1.29, 1.82) is 0 Å². The third-order valence-electron chi connectivity index (χ3n) is 6.16. The van der Waals surface area contributed by atoms with Crippen molar-refractivity contribution in [2.24, 2.45) is 5.92 Å². The van der Waals surface area contributed by atoms with E-state index in [9.17, 15) is 9.90 Å². The Morgan fingerprint density at radius 3 is 2.05 bits per heavy atom. The summed E-state index contributed by atoms with van der Waals surface area (Å²) in [6.07, 6.45) is 12.1. The molecule has 0 amide bonds. The Labute approximate surface area is 252 Å². The number of hydrogen-bond donors (Lipinski definition) is 2. The summed E-state index contributed by atoms with van der Waals surface area (Å²) in [6.45, 7) is 14.6. The zero-order valence-corrected chi connectivity index (χ0v) is 27.4. The van der Waals surface area contributed by atoms with E-state index in [-0.39, 0.29) is 40.9 Å². The van der Waals surface area contributed by atoms with Crippen LogP contribution in [0.3, 0.4) is 0 Å². The number of ether oxygens (including phenoxy) is 2. The van der Waals surface area contributed by atoms with Crippen LogP contribution in [0.25, 0.3) is 0 Å². The summed E-state index contributed by atoms with van der Waals surface area (Å²) in [5.41, 5.74) is 3.78. The van der Waals surface area contributed by atoms with E-state index in [2.05, 4.69) is 38.8 Å². The minimum Gasteiger partial charge on any atom is -0.543 e. The molecule has 3 rings (SSSR count). The van der Waals surface area contributed by atoms with Crippen LogP contribution in [0.2, 0.25) is 0 Å². The molecule has 1 aliphatic heterocycles. The number of nitrogens with zero attached hydrogens (tertiary/aromatic N) is 1. The smallest absolute Gasteiger partial charge is 0.543 e. The van der Waals surface area contributed by atoms with Gasteiger partial charge in [0.1, 0.15) is 0 Å². The summed E-state index contributed by atoms with van der Waals surface area (Å²) in [4.78, 5) is 23.4. The predicted molar refractivity (Wildman–Crippen MR) is 146 cm³/mol. The minimum absolute atomic E-state index is 0. The van der Waals surface area contributed by atoms with Gasteiger partial charge < -0.3 is 29.6 Å².